The monoisotopic (exact) mass is 255 g/mol. The second kappa shape index (κ2) is 4.08. The Labute approximate surface area is 101 Å². The van der Waals surface area contributed by atoms with Crippen LogP contribution < -0.4 is 0 Å². The molecule has 1 fully saturated rings. The SMILES string of the molecule is O=S1(=O)CCCC(c2nnc3n2CCCC3)C1. The third-order valence-corrected chi connectivity index (χ3v) is 5.54. The maximum absolute atomic E-state index is 11.7. The fraction of sp³-hybridized carbons (Fsp3) is 0.818. The summed E-state index contributed by atoms with van der Waals surface area (Å²) in [5, 5.41) is 8.43. The second-order valence-electron chi connectivity index (χ2n) is 5.04. The van der Waals surface area contributed by atoms with Crippen molar-refractivity contribution in [3.63, 3.8) is 0 Å². The molecule has 3 heterocycles. The predicted octanol–water partition coefficient (Wildman–Crippen LogP) is 0.907. The third-order valence-electron chi connectivity index (χ3n) is 3.72. The van der Waals surface area contributed by atoms with Gasteiger partial charge in [0, 0.05) is 18.9 Å². The molecular weight excluding hydrogens is 238 g/mol. The first-order valence-corrected chi connectivity index (χ1v) is 8.10. The van der Waals surface area contributed by atoms with Gasteiger partial charge in [-0.1, -0.05) is 0 Å². The quantitative estimate of drug-likeness (QED) is 0.748. The van der Waals surface area contributed by atoms with Crippen LogP contribution in [-0.4, -0.2) is 34.7 Å². The van der Waals surface area contributed by atoms with Crippen LogP contribution in [0.15, 0.2) is 0 Å². The number of fused-ring (bicyclic) bond motifs is 1. The molecule has 0 N–H and O–H groups in total. The Morgan fingerprint density at radius 1 is 1.18 bits per heavy atom. The van der Waals surface area contributed by atoms with Crippen LogP contribution in [0.3, 0.4) is 0 Å². The van der Waals surface area contributed by atoms with Gasteiger partial charge in [0.15, 0.2) is 9.84 Å². The zero-order valence-corrected chi connectivity index (χ0v) is 10.6. The van der Waals surface area contributed by atoms with Gasteiger partial charge in [-0.05, 0) is 25.7 Å². The first kappa shape index (κ1) is 11.2. The molecule has 0 aromatic carbocycles. The minimum atomic E-state index is -2.87. The fourth-order valence-electron chi connectivity index (χ4n) is 2.86. The molecule has 1 aromatic heterocycles. The zero-order valence-electron chi connectivity index (χ0n) is 9.80. The number of aromatic nitrogens is 3. The molecule has 0 amide bonds. The van der Waals surface area contributed by atoms with Crippen molar-refractivity contribution in [2.75, 3.05) is 11.5 Å². The smallest absolute Gasteiger partial charge is 0.151 e. The lowest BCUT2D eigenvalue weighted by Crippen LogP contribution is -2.26. The van der Waals surface area contributed by atoms with Crippen molar-refractivity contribution in [2.24, 2.45) is 0 Å². The first-order chi connectivity index (χ1) is 8.16. The van der Waals surface area contributed by atoms with E-state index in [-0.39, 0.29) is 11.7 Å². The van der Waals surface area contributed by atoms with E-state index in [0.717, 1.165) is 43.9 Å². The molecule has 17 heavy (non-hydrogen) atoms. The van der Waals surface area contributed by atoms with E-state index in [4.69, 9.17) is 0 Å². The van der Waals surface area contributed by atoms with Gasteiger partial charge in [0.1, 0.15) is 11.6 Å². The van der Waals surface area contributed by atoms with Crippen LogP contribution in [0.2, 0.25) is 0 Å². The van der Waals surface area contributed by atoms with Crippen molar-refractivity contribution < 1.29 is 8.42 Å². The Morgan fingerprint density at radius 2 is 2.06 bits per heavy atom. The minimum Gasteiger partial charge on any atom is -0.315 e. The fourth-order valence-corrected chi connectivity index (χ4v) is 4.56. The van der Waals surface area contributed by atoms with Gasteiger partial charge < -0.3 is 4.57 Å². The molecule has 1 atom stereocenters. The van der Waals surface area contributed by atoms with Gasteiger partial charge in [0.05, 0.1) is 11.5 Å². The Bertz CT molecular complexity index is 521. The van der Waals surface area contributed by atoms with E-state index in [2.05, 4.69) is 14.8 Å². The number of aryl methyl sites for hydroxylation is 1. The highest BCUT2D eigenvalue weighted by Gasteiger charge is 2.30. The van der Waals surface area contributed by atoms with Gasteiger partial charge in [0.2, 0.25) is 0 Å². The number of rotatable bonds is 1. The predicted molar refractivity (Wildman–Crippen MR) is 63.6 cm³/mol. The number of hydrogen-bond donors (Lipinski definition) is 0. The molecule has 0 aliphatic carbocycles. The molecule has 3 rings (SSSR count). The number of nitrogens with zero attached hydrogens (tertiary/aromatic N) is 3. The molecule has 0 spiro atoms. The van der Waals surface area contributed by atoms with Gasteiger partial charge in [-0.15, -0.1) is 10.2 Å². The van der Waals surface area contributed by atoms with Gasteiger partial charge in [-0.2, -0.15) is 0 Å². The Balaban J connectivity index is 1.91. The normalized spacial score (nSPS) is 27.6. The number of sulfone groups is 1. The van der Waals surface area contributed by atoms with Crippen molar-refractivity contribution in [1.82, 2.24) is 14.8 Å². The van der Waals surface area contributed by atoms with Crippen LogP contribution in [0.4, 0.5) is 0 Å². The lowest BCUT2D eigenvalue weighted by molar-refractivity contribution is 0.477. The molecule has 0 saturated carbocycles. The maximum Gasteiger partial charge on any atom is 0.151 e. The van der Waals surface area contributed by atoms with Crippen molar-refractivity contribution in [3.8, 4) is 0 Å². The third kappa shape index (κ3) is 2.10. The molecule has 2 aliphatic heterocycles. The minimum absolute atomic E-state index is 0.0631. The summed E-state index contributed by atoms with van der Waals surface area (Å²) in [6, 6.07) is 0. The lowest BCUT2D eigenvalue weighted by Gasteiger charge is -2.23. The van der Waals surface area contributed by atoms with Crippen LogP contribution >= 0.6 is 0 Å². The molecule has 5 nitrogen and oxygen atoms in total. The van der Waals surface area contributed by atoms with E-state index in [9.17, 15) is 8.42 Å². The van der Waals surface area contributed by atoms with Gasteiger partial charge in [0.25, 0.3) is 0 Å². The zero-order chi connectivity index (χ0) is 11.9. The molecule has 0 radical (unpaired) electrons. The van der Waals surface area contributed by atoms with E-state index < -0.39 is 9.84 Å². The van der Waals surface area contributed by atoms with Crippen LogP contribution in [0.5, 0.6) is 0 Å². The van der Waals surface area contributed by atoms with Gasteiger partial charge >= 0.3 is 0 Å². The van der Waals surface area contributed by atoms with Crippen molar-refractivity contribution in [3.05, 3.63) is 11.6 Å². The van der Waals surface area contributed by atoms with E-state index in [1.54, 1.807) is 0 Å². The molecule has 2 aliphatic rings. The summed E-state index contributed by atoms with van der Waals surface area (Å²) in [5.74, 6) is 2.60. The molecule has 1 aromatic rings. The molecule has 1 saturated heterocycles. The van der Waals surface area contributed by atoms with Crippen LogP contribution in [0.1, 0.15) is 43.3 Å². The molecular formula is C11H17N3O2S. The first-order valence-electron chi connectivity index (χ1n) is 6.28. The van der Waals surface area contributed by atoms with Crippen molar-refractivity contribution in [1.29, 1.82) is 0 Å². The van der Waals surface area contributed by atoms with Gasteiger partial charge in [-0.3, -0.25) is 0 Å². The van der Waals surface area contributed by atoms with E-state index >= 15 is 0 Å². The lowest BCUT2D eigenvalue weighted by atomic mass is 10.0. The summed E-state index contributed by atoms with van der Waals surface area (Å²) in [6.07, 6.45) is 4.98. The second-order valence-corrected chi connectivity index (χ2v) is 7.27. The summed E-state index contributed by atoms with van der Waals surface area (Å²) < 4.78 is 25.5. The van der Waals surface area contributed by atoms with Crippen molar-refractivity contribution >= 4 is 9.84 Å². The summed E-state index contributed by atoms with van der Waals surface area (Å²) >= 11 is 0. The standard InChI is InChI=1S/C11H17N3O2S/c15-17(16)7-3-4-9(8-17)11-13-12-10-5-1-2-6-14(10)11/h9H,1-8H2. The Kier molecular flexibility index (Phi) is 2.69. The van der Waals surface area contributed by atoms with E-state index in [0.29, 0.717) is 5.75 Å². The average Bonchev–Trinajstić information content (AvgIpc) is 2.71. The van der Waals surface area contributed by atoms with Crippen LogP contribution in [0.25, 0.3) is 0 Å². The molecule has 1 unspecified atom stereocenters. The highest BCUT2D eigenvalue weighted by atomic mass is 32.2. The summed E-state index contributed by atoms with van der Waals surface area (Å²) in [4.78, 5) is 0. The van der Waals surface area contributed by atoms with E-state index in [1.165, 1.54) is 6.42 Å². The maximum atomic E-state index is 11.7. The Hall–Kier alpha value is -0.910. The highest BCUT2D eigenvalue weighted by molar-refractivity contribution is 7.91. The Morgan fingerprint density at radius 3 is 2.88 bits per heavy atom. The number of hydrogen-bond acceptors (Lipinski definition) is 4. The molecule has 0 bridgehead atoms. The highest BCUT2D eigenvalue weighted by Crippen LogP contribution is 2.29. The summed E-state index contributed by atoms with van der Waals surface area (Å²) in [6.45, 7) is 0.953. The summed E-state index contributed by atoms with van der Waals surface area (Å²) in [5.41, 5.74) is 0. The molecule has 6 heteroatoms. The van der Waals surface area contributed by atoms with Gasteiger partial charge in [-0.25, -0.2) is 8.42 Å². The topological polar surface area (TPSA) is 64.8 Å². The van der Waals surface area contributed by atoms with Crippen molar-refractivity contribution in [2.45, 2.75) is 44.6 Å². The molecule has 94 valence electrons. The van der Waals surface area contributed by atoms with Crippen LogP contribution in [0, 0.1) is 0 Å². The largest absolute Gasteiger partial charge is 0.315 e. The van der Waals surface area contributed by atoms with E-state index in [1.807, 2.05) is 0 Å². The average molecular weight is 255 g/mol. The summed E-state index contributed by atoms with van der Waals surface area (Å²) in [7, 11) is -2.87. The van der Waals surface area contributed by atoms with Crippen LogP contribution in [-0.2, 0) is 22.8 Å².